The predicted octanol–water partition coefficient (Wildman–Crippen LogP) is 2.77. The monoisotopic (exact) mass is 333 g/mol. The molecule has 1 aliphatic heterocycles. The highest BCUT2D eigenvalue weighted by Crippen LogP contribution is 2.52. The van der Waals surface area contributed by atoms with Gasteiger partial charge >= 0.3 is 0 Å². The Labute approximate surface area is 147 Å². The molecular formula is C20H23N5. The van der Waals surface area contributed by atoms with Crippen LogP contribution >= 0.6 is 0 Å². The molecule has 5 heteroatoms. The van der Waals surface area contributed by atoms with Gasteiger partial charge in [-0.2, -0.15) is 0 Å². The molecule has 0 amide bonds. The molecule has 1 saturated heterocycles. The van der Waals surface area contributed by atoms with Gasteiger partial charge in [-0.3, -0.25) is 4.90 Å². The lowest BCUT2D eigenvalue weighted by Gasteiger charge is -2.23. The highest BCUT2D eigenvalue weighted by molar-refractivity contribution is 5.87. The second-order valence-corrected chi connectivity index (χ2v) is 7.49. The topological polar surface area (TPSA) is 48.1 Å². The number of nitrogens with one attached hydrogen (secondary N) is 1. The largest absolute Gasteiger partial charge is 0.359 e. The molecule has 5 rings (SSSR count). The van der Waals surface area contributed by atoms with E-state index in [4.69, 9.17) is 0 Å². The van der Waals surface area contributed by atoms with Gasteiger partial charge in [-0.15, -0.1) is 0 Å². The van der Waals surface area contributed by atoms with Crippen molar-refractivity contribution in [2.75, 3.05) is 31.6 Å². The van der Waals surface area contributed by atoms with Crippen LogP contribution in [0.5, 0.6) is 0 Å². The lowest BCUT2D eigenvalue weighted by molar-refractivity contribution is 0.278. The van der Waals surface area contributed by atoms with Gasteiger partial charge < -0.3 is 9.88 Å². The molecule has 0 bridgehead atoms. The van der Waals surface area contributed by atoms with Gasteiger partial charge in [0.2, 0.25) is 0 Å². The van der Waals surface area contributed by atoms with Crippen LogP contribution in [0.4, 0.5) is 5.82 Å². The molecule has 0 radical (unpaired) electrons. The maximum atomic E-state index is 4.51. The maximum absolute atomic E-state index is 4.51. The third-order valence-corrected chi connectivity index (χ3v) is 5.88. The number of aromatic nitrogens is 3. The molecule has 1 saturated carbocycles. The van der Waals surface area contributed by atoms with Crippen LogP contribution in [0.2, 0.25) is 0 Å². The Bertz CT molecular complexity index is 862. The number of benzene rings is 1. The first kappa shape index (κ1) is 14.9. The molecule has 3 atom stereocenters. The van der Waals surface area contributed by atoms with Crippen molar-refractivity contribution in [1.29, 1.82) is 0 Å². The van der Waals surface area contributed by atoms with E-state index in [0.717, 1.165) is 47.7 Å². The SMILES string of the molecule is CN(C[C@@H]1[C@@H]2CN(Cc3ccccc3)C[C@@H]21)c1ncnc2[nH]ccc12. The minimum absolute atomic E-state index is 0.806. The van der Waals surface area contributed by atoms with Crippen LogP contribution in [0.1, 0.15) is 5.56 Å². The molecule has 1 N–H and O–H groups in total. The second-order valence-electron chi connectivity index (χ2n) is 7.49. The molecule has 0 spiro atoms. The van der Waals surface area contributed by atoms with E-state index in [2.05, 4.69) is 68.2 Å². The molecular weight excluding hydrogens is 310 g/mol. The van der Waals surface area contributed by atoms with Crippen LogP contribution in [-0.4, -0.2) is 46.5 Å². The first-order valence-electron chi connectivity index (χ1n) is 9.05. The fourth-order valence-electron chi connectivity index (χ4n) is 4.54. The maximum Gasteiger partial charge on any atom is 0.142 e. The van der Waals surface area contributed by atoms with Gasteiger partial charge in [0.25, 0.3) is 0 Å². The predicted molar refractivity (Wildman–Crippen MR) is 99.3 cm³/mol. The average molecular weight is 333 g/mol. The normalized spacial score (nSPS) is 25.2. The Kier molecular flexibility index (Phi) is 3.48. The number of fused-ring (bicyclic) bond motifs is 2. The lowest BCUT2D eigenvalue weighted by atomic mass is 10.2. The Morgan fingerprint density at radius 1 is 1.12 bits per heavy atom. The number of likely N-dealkylation sites (tertiary alicyclic amines) is 1. The van der Waals surface area contributed by atoms with Gasteiger partial charge in [-0.25, -0.2) is 9.97 Å². The fourth-order valence-corrected chi connectivity index (χ4v) is 4.54. The van der Waals surface area contributed by atoms with Gasteiger partial charge in [0.05, 0.1) is 5.39 Å². The summed E-state index contributed by atoms with van der Waals surface area (Å²) in [7, 11) is 2.16. The summed E-state index contributed by atoms with van der Waals surface area (Å²) in [6.45, 7) is 4.65. The van der Waals surface area contributed by atoms with Crippen LogP contribution < -0.4 is 4.90 Å². The van der Waals surface area contributed by atoms with Crippen molar-refractivity contribution in [3.05, 3.63) is 54.5 Å². The summed E-state index contributed by atoms with van der Waals surface area (Å²) in [5, 5.41) is 1.11. The Balaban J connectivity index is 1.20. The molecule has 3 aromatic rings. The summed E-state index contributed by atoms with van der Waals surface area (Å²) < 4.78 is 0. The van der Waals surface area contributed by atoms with E-state index in [1.807, 2.05) is 6.20 Å². The minimum Gasteiger partial charge on any atom is -0.359 e. The third-order valence-electron chi connectivity index (χ3n) is 5.88. The number of aromatic amines is 1. The summed E-state index contributed by atoms with van der Waals surface area (Å²) in [4.78, 5) is 16.9. The average Bonchev–Trinajstić information content (AvgIpc) is 3.01. The number of rotatable bonds is 5. The van der Waals surface area contributed by atoms with Crippen LogP contribution in [0, 0.1) is 17.8 Å². The zero-order chi connectivity index (χ0) is 16.8. The molecule has 128 valence electrons. The van der Waals surface area contributed by atoms with Crippen molar-refractivity contribution in [2.24, 2.45) is 17.8 Å². The summed E-state index contributed by atoms with van der Waals surface area (Å²) >= 11 is 0. The van der Waals surface area contributed by atoms with Crippen molar-refractivity contribution in [1.82, 2.24) is 19.9 Å². The summed E-state index contributed by atoms with van der Waals surface area (Å²) in [6.07, 6.45) is 3.59. The van der Waals surface area contributed by atoms with Gasteiger partial charge in [-0.1, -0.05) is 30.3 Å². The van der Waals surface area contributed by atoms with Gasteiger partial charge in [0.15, 0.2) is 0 Å². The standard InChI is InChI=1S/C20H23N5/c1-24(20-15-7-8-21-19(15)22-13-23-20)10-16-17-11-25(12-18(16)17)9-14-5-3-2-4-6-14/h2-8,13,16-18H,9-12H2,1H3,(H,21,22,23)/t16-,17+,18-. The smallest absolute Gasteiger partial charge is 0.142 e. The van der Waals surface area contributed by atoms with Crippen molar-refractivity contribution in [3.63, 3.8) is 0 Å². The Morgan fingerprint density at radius 2 is 1.92 bits per heavy atom. The van der Waals surface area contributed by atoms with Crippen LogP contribution in [0.15, 0.2) is 48.9 Å². The number of piperidine rings is 1. The highest BCUT2D eigenvalue weighted by atomic mass is 15.2. The van der Waals surface area contributed by atoms with Gasteiger partial charge in [0.1, 0.15) is 17.8 Å². The molecule has 5 nitrogen and oxygen atoms in total. The Morgan fingerprint density at radius 3 is 2.72 bits per heavy atom. The molecule has 25 heavy (non-hydrogen) atoms. The van der Waals surface area contributed by atoms with Gasteiger partial charge in [-0.05, 0) is 29.4 Å². The molecule has 3 heterocycles. The van der Waals surface area contributed by atoms with Crippen LogP contribution in [0.3, 0.4) is 0 Å². The number of anilines is 1. The summed E-state index contributed by atoms with van der Waals surface area (Å²) in [6, 6.07) is 12.9. The first-order chi connectivity index (χ1) is 12.3. The molecule has 1 aliphatic carbocycles. The van der Waals surface area contributed by atoms with E-state index in [0.29, 0.717) is 0 Å². The molecule has 2 fully saturated rings. The fraction of sp³-hybridized carbons (Fsp3) is 0.400. The quantitative estimate of drug-likeness (QED) is 0.780. The van der Waals surface area contributed by atoms with E-state index in [1.54, 1.807) is 6.33 Å². The number of hydrogen-bond donors (Lipinski definition) is 1. The lowest BCUT2D eigenvalue weighted by Crippen LogP contribution is -2.29. The second kappa shape index (κ2) is 5.85. The van der Waals surface area contributed by atoms with E-state index in [9.17, 15) is 0 Å². The third kappa shape index (κ3) is 2.68. The zero-order valence-corrected chi connectivity index (χ0v) is 14.5. The van der Waals surface area contributed by atoms with E-state index in [-0.39, 0.29) is 0 Å². The number of nitrogens with zero attached hydrogens (tertiary/aromatic N) is 4. The highest BCUT2D eigenvalue weighted by Gasteiger charge is 2.55. The minimum atomic E-state index is 0.806. The van der Waals surface area contributed by atoms with Crippen molar-refractivity contribution >= 4 is 16.9 Å². The van der Waals surface area contributed by atoms with Crippen LogP contribution in [0.25, 0.3) is 11.0 Å². The van der Waals surface area contributed by atoms with Crippen molar-refractivity contribution in [3.8, 4) is 0 Å². The van der Waals surface area contributed by atoms with Crippen molar-refractivity contribution < 1.29 is 0 Å². The van der Waals surface area contributed by atoms with E-state index in [1.165, 1.54) is 18.7 Å². The van der Waals surface area contributed by atoms with Gasteiger partial charge in [0, 0.05) is 39.4 Å². The van der Waals surface area contributed by atoms with Crippen LogP contribution in [-0.2, 0) is 6.54 Å². The molecule has 2 aliphatic rings. The summed E-state index contributed by atoms with van der Waals surface area (Å²) in [5.41, 5.74) is 2.34. The number of hydrogen-bond acceptors (Lipinski definition) is 4. The van der Waals surface area contributed by atoms with E-state index >= 15 is 0 Å². The molecule has 2 aromatic heterocycles. The number of H-pyrrole nitrogens is 1. The first-order valence-corrected chi connectivity index (χ1v) is 9.05. The van der Waals surface area contributed by atoms with Crippen molar-refractivity contribution in [2.45, 2.75) is 6.54 Å². The zero-order valence-electron chi connectivity index (χ0n) is 14.5. The molecule has 1 aromatic carbocycles. The summed E-state index contributed by atoms with van der Waals surface area (Å²) in [5.74, 6) is 3.56. The Hall–Kier alpha value is -2.40. The van der Waals surface area contributed by atoms with E-state index < -0.39 is 0 Å². The molecule has 0 unspecified atom stereocenters.